The molecule has 0 unspecified atom stereocenters. The Labute approximate surface area is 115 Å². The molecule has 1 heterocycles. The normalized spacial score (nSPS) is 21.9. The van der Waals surface area contributed by atoms with E-state index in [0.29, 0.717) is 12.5 Å². The Bertz CT molecular complexity index is 423. The third-order valence-electron chi connectivity index (χ3n) is 3.84. The van der Waals surface area contributed by atoms with E-state index in [1.54, 1.807) is 17.4 Å². The van der Waals surface area contributed by atoms with Crippen molar-refractivity contribution in [1.29, 1.82) is 0 Å². The highest BCUT2D eigenvalue weighted by atomic mass is 32.2. The zero-order valence-corrected chi connectivity index (χ0v) is 12.7. The first-order valence-corrected chi connectivity index (χ1v) is 9.35. The van der Waals surface area contributed by atoms with E-state index in [2.05, 4.69) is 4.36 Å². The molecule has 0 atom stereocenters. The molecule has 2 aliphatic rings. The van der Waals surface area contributed by atoms with Gasteiger partial charge in [0, 0.05) is 35.3 Å². The van der Waals surface area contributed by atoms with Crippen LogP contribution in [0.2, 0.25) is 0 Å². The SMILES string of the molecule is CS(C)(=O)=NCC1CCN(C(=O)OC2CCC2)CC1. The molecule has 0 aromatic heterocycles. The largest absolute Gasteiger partial charge is 0.446 e. The number of carbonyl (C=O) groups excluding carboxylic acids is 1. The molecule has 1 saturated carbocycles. The number of amides is 1. The van der Waals surface area contributed by atoms with Crippen LogP contribution in [0.3, 0.4) is 0 Å². The highest BCUT2D eigenvalue weighted by Gasteiger charge is 2.27. The minimum Gasteiger partial charge on any atom is -0.446 e. The lowest BCUT2D eigenvalue weighted by Crippen LogP contribution is -2.41. The molecule has 0 bridgehead atoms. The molecule has 1 saturated heterocycles. The van der Waals surface area contributed by atoms with Crippen molar-refractivity contribution in [2.24, 2.45) is 10.3 Å². The first-order valence-electron chi connectivity index (χ1n) is 7.02. The summed E-state index contributed by atoms with van der Waals surface area (Å²) in [5.74, 6) is 0.452. The Balaban J connectivity index is 1.72. The molecule has 1 aliphatic heterocycles. The number of likely N-dealkylation sites (tertiary alicyclic amines) is 1. The van der Waals surface area contributed by atoms with Crippen molar-refractivity contribution < 1.29 is 13.7 Å². The van der Waals surface area contributed by atoms with Crippen LogP contribution in [-0.2, 0) is 14.5 Å². The monoisotopic (exact) mass is 288 g/mol. The van der Waals surface area contributed by atoms with Crippen LogP contribution in [0.15, 0.2) is 4.36 Å². The van der Waals surface area contributed by atoms with E-state index in [-0.39, 0.29) is 12.2 Å². The summed E-state index contributed by atoms with van der Waals surface area (Å²) in [6.07, 6.45) is 8.40. The molecule has 1 aliphatic carbocycles. The lowest BCUT2D eigenvalue weighted by atomic mass is 9.96. The smallest absolute Gasteiger partial charge is 0.410 e. The summed E-state index contributed by atoms with van der Waals surface area (Å²) in [5, 5.41) is 0. The fraction of sp³-hybridized carbons (Fsp3) is 0.923. The third-order valence-corrected chi connectivity index (χ3v) is 4.61. The minimum atomic E-state index is -2.00. The molecule has 0 aromatic carbocycles. The average molecular weight is 288 g/mol. The van der Waals surface area contributed by atoms with Crippen LogP contribution in [-0.4, -0.2) is 53.5 Å². The highest BCUT2D eigenvalue weighted by molar-refractivity contribution is 7.92. The van der Waals surface area contributed by atoms with Crippen LogP contribution in [0.5, 0.6) is 0 Å². The number of piperidine rings is 1. The van der Waals surface area contributed by atoms with Crippen molar-refractivity contribution in [3.63, 3.8) is 0 Å². The van der Waals surface area contributed by atoms with E-state index in [1.807, 2.05) is 0 Å². The summed E-state index contributed by atoms with van der Waals surface area (Å²) in [5.41, 5.74) is 0. The summed E-state index contributed by atoms with van der Waals surface area (Å²) in [4.78, 5) is 13.7. The standard InChI is InChI=1S/C13H24N2O3S/c1-19(2,17)14-10-11-6-8-15(9-7-11)13(16)18-12-4-3-5-12/h11-12H,3-10H2,1-2H3. The Morgan fingerprint density at radius 1 is 1.26 bits per heavy atom. The molecule has 0 aromatic rings. The number of carbonyl (C=O) groups is 1. The first kappa shape index (κ1) is 14.6. The first-order chi connectivity index (χ1) is 8.94. The van der Waals surface area contributed by atoms with Crippen molar-refractivity contribution in [3.05, 3.63) is 0 Å². The van der Waals surface area contributed by atoms with Crippen LogP contribution in [0, 0.1) is 5.92 Å². The molecule has 0 N–H and O–H groups in total. The van der Waals surface area contributed by atoms with Gasteiger partial charge >= 0.3 is 6.09 Å². The topological polar surface area (TPSA) is 59.0 Å². The summed E-state index contributed by atoms with van der Waals surface area (Å²) in [7, 11) is -2.00. The highest BCUT2D eigenvalue weighted by Crippen LogP contribution is 2.24. The second-order valence-corrected chi connectivity index (χ2v) is 8.48. The fourth-order valence-electron chi connectivity index (χ4n) is 2.29. The molecule has 0 spiro atoms. The third kappa shape index (κ3) is 4.67. The van der Waals surface area contributed by atoms with Gasteiger partial charge in [-0.2, -0.15) is 0 Å². The second kappa shape index (κ2) is 6.11. The van der Waals surface area contributed by atoms with Crippen LogP contribution in [0.1, 0.15) is 32.1 Å². The molecule has 0 radical (unpaired) electrons. The van der Waals surface area contributed by atoms with E-state index in [4.69, 9.17) is 4.74 Å². The van der Waals surface area contributed by atoms with Crippen molar-refractivity contribution in [1.82, 2.24) is 4.90 Å². The zero-order chi connectivity index (χ0) is 13.9. The van der Waals surface area contributed by atoms with E-state index in [9.17, 15) is 9.00 Å². The molecular formula is C13H24N2O3S. The average Bonchev–Trinajstić information content (AvgIpc) is 2.31. The Kier molecular flexibility index (Phi) is 4.71. The van der Waals surface area contributed by atoms with Gasteiger partial charge in [-0.05, 0) is 38.0 Å². The molecular weight excluding hydrogens is 264 g/mol. The quantitative estimate of drug-likeness (QED) is 0.799. The maximum atomic E-state index is 11.9. The maximum absolute atomic E-state index is 11.9. The van der Waals surface area contributed by atoms with Gasteiger partial charge < -0.3 is 9.64 Å². The zero-order valence-electron chi connectivity index (χ0n) is 11.8. The van der Waals surface area contributed by atoms with Gasteiger partial charge in [0.15, 0.2) is 0 Å². The van der Waals surface area contributed by atoms with Crippen molar-refractivity contribution in [3.8, 4) is 0 Å². The number of nitrogens with zero attached hydrogens (tertiary/aromatic N) is 2. The minimum absolute atomic E-state index is 0.157. The predicted octanol–water partition coefficient (Wildman–Crippen LogP) is 2.12. The predicted molar refractivity (Wildman–Crippen MR) is 75.7 cm³/mol. The summed E-state index contributed by atoms with van der Waals surface area (Å²) in [6.45, 7) is 2.12. The lowest BCUT2D eigenvalue weighted by Gasteiger charge is -2.33. The second-order valence-electron chi connectivity index (χ2n) is 5.86. The molecule has 5 nitrogen and oxygen atoms in total. The summed E-state index contributed by atoms with van der Waals surface area (Å²) >= 11 is 0. The van der Waals surface area contributed by atoms with Crippen molar-refractivity contribution in [2.75, 3.05) is 32.1 Å². The van der Waals surface area contributed by atoms with E-state index < -0.39 is 9.73 Å². The van der Waals surface area contributed by atoms with Crippen LogP contribution in [0.4, 0.5) is 4.79 Å². The van der Waals surface area contributed by atoms with Gasteiger partial charge in [0.05, 0.1) is 6.54 Å². The molecule has 110 valence electrons. The van der Waals surface area contributed by atoms with E-state index in [1.165, 1.54) is 6.42 Å². The molecule has 6 heteroatoms. The number of hydrogen-bond donors (Lipinski definition) is 0. The van der Waals surface area contributed by atoms with Crippen LogP contribution >= 0.6 is 0 Å². The molecule has 2 fully saturated rings. The number of rotatable bonds is 3. The van der Waals surface area contributed by atoms with Crippen molar-refractivity contribution in [2.45, 2.75) is 38.2 Å². The van der Waals surface area contributed by atoms with Crippen LogP contribution in [0.25, 0.3) is 0 Å². The summed E-state index contributed by atoms with van der Waals surface area (Å²) in [6, 6.07) is 0. The molecule has 1 amide bonds. The Hall–Kier alpha value is -0.780. The maximum Gasteiger partial charge on any atom is 0.410 e. The van der Waals surface area contributed by atoms with Gasteiger partial charge in [-0.1, -0.05) is 0 Å². The van der Waals surface area contributed by atoms with Crippen molar-refractivity contribution >= 4 is 15.8 Å². The number of ether oxygens (including phenoxy) is 1. The van der Waals surface area contributed by atoms with Gasteiger partial charge in [-0.15, -0.1) is 0 Å². The number of hydrogen-bond acceptors (Lipinski definition) is 4. The van der Waals surface area contributed by atoms with Gasteiger partial charge in [-0.3, -0.25) is 4.21 Å². The van der Waals surface area contributed by atoms with Gasteiger partial charge in [-0.25, -0.2) is 9.16 Å². The lowest BCUT2D eigenvalue weighted by molar-refractivity contribution is 0.0208. The van der Waals surface area contributed by atoms with Gasteiger partial charge in [0.25, 0.3) is 0 Å². The molecule has 19 heavy (non-hydrogen) atoms. The van der Waals surface area contributed by atoms with E-state index in [0.717, 1.165) is 38.8 Å². The van der Waals surface area contributed by atoms with Gasteiger partial charge in [0.2, 0.25) is 0 Å². The Morgan fingerprint density at radius 2 is 1.89 bits per heavy atom. The summed E-state index contributed by atoms with van der Waals surface area (Å²) < 4.78 is 21.1. The Morgan fingerprint density at radius 3 is 2.37 bits per heavy atom. The molecule has 2 rings (SSSR count). The fourth-order valence-corrected chi connectivity index (χ4v) is 2.86. The van der Waals surface area contributed by atoms with E-state index >= 15 is 0 Å². The van der Waals surface area contributed by atoms with Crippen LogP contribution < -0.4 is 0 Å². The van der Waals surface area contributed by atoms with Gasteiger partial charge in [0.1, 0.15) is 6.10 Å².